The molecular weight excluding hydrogens is 410 g/mol. The third-order valence-corrected chi connectivity index (χ3v) is 6.65. The van der Waals surface area contributed by atoms with Crippen LogP contribution in [0.4, 0.5) is 5.69 Å². The van der Waals surface area contributed by atoms with Gasteiger partial charge in [-0.05, 0) is 48.5 Å². The molecule has 2 aromatic heterocycles. The maximum Gasteiger partial charge on any atom is 0.234 e. The van der Waals surface area contributed by atoms with Crippen molar-refractivity contribution in [3.63, 3.8) is 0 Å². The molecule has 0 spiro atoms. The summed E-state index contributed by atoms with van der Waals surface area (Å²) in [5.74, 6) is 0.257. The summed E-state index contributed by atoms with van der Waals surface area (Å²) < 4.78 is 1.17. The van der Waals surface area contributed by atoms with E-state index in [0.717, 1.165) is 37.7 Å². The molecule has 1 N–H and O–H groups in total. The monoisotopic (exact) mass is 427 g/mol. The number of amides is 1. The number of anilines is 1. The van der Waals surface area contributed by atoms with Crippen molar-refractivity contribution in [3.8, 4) is 10.6 Å². The van der Waals surface area contributed by atoms with Gasteiger partial charge in [-0.3, -0.25) is 4.79 Å². The zero-order valence-electron chi connectivity index (χ0n) is 15.9. The average molecular weight is 428 g/mol. The van der Waals surface area contributed by atoms with Crippen molar-refractivity contribution in [2.24, 2.45) is 0 Å². The molecule has 5 aromatic rings. The number of aromatic nitrogens is 2. The van der Waals surface area contributed by atoms with Gasteiger partial charge in [0.05, 0.1) is 26.5 Å². The van der Waals surface area contributed by atoms with Gasteiger partial charge < -0.3 is 5.32 Å². The highest BCUT2D eigenvalue weighted by Crippen LogP contribution is 2.30. The van der Waals surface area contributed by atoms with E-state index in [9.17, 15) is 4.79 Å². The third kappa shape index (κ3) is 4.06. The number of carbonyl (C=O) groups excluding carboxylic acids is 1. The fourth-order valence-electron chi connectivity index (χ4n) is 3.16. The predicted octanol–water partition coefficient (Wildman–Crippen LogP) is 6.24. The molecule has 3 aromatic carbocycles. The Morgan fingerprint density at radius 2 is 1.60 bits per heavy atom. The number of carbonyl (C=O) groups is 1. The molecule has 0 aliphatic rings. The van der Waals surface area contributed by atoms with Gasteiger partial charge >= 0.3 is 0 Å². The van der Waals surface area contributed by atoms with E-state index in [4.69, 9.17) is 0 Å². The van der Waals surface area contributed by atoms with Gasteiger partial charge in [-0.1, -0.05) is 48.2 Å². The summed E-state index contributed by atoms with van der Waals surface area (Å²) in [6.45, 7) is 0. The van der Waals surface area contributed by atoms with Gasteiger partial charge in [-0.25, -0.2) is 9.97 Å². The van der Waals surface area contributed by atoms with E-state index >= 15 is 0 Å². The van der Waals surface area contributed by atoms with Crippen LogP contribution in [0.25, 0.3) is 31.7 Å². The first-order chi connectivity index (χ1) is 14.7. The van der Waals surface area contributed by atoms with Crippen LogP contribution in [0.2, 0.25) is 0 Å². The number of rotatable bonds is 5. The smallest absolute Gasteiger partial charge is 0.234 e. The van der Waals surface area contributed by atoms with Gasteiger partial charge in [-0.15, -0.1) is 11.3 Å². The van der Waals surface area contributed by atoms with E-state index in [1.807, 2.05) is 78.9 Å². The molecule has 5 rings (SSSR count). The SMILES string of the molecule is O=C(CSc1ccc2ccccc2n1)Nc1ccc(-c2nc3ccccc3s2)cc1. The van der Waals surface area contributed by atoms with Crippen LogP contribution in [0.15, 0.2) is 90.0 Å². The normalized spacial score (nSPS) is 11.1. The second-order valence-electron chi connectivity index (χ2n) is 6.74. The summed E-state index contributed by atoms with van der Waals surface area (Å²) >= 11 is 3.10. The summed E-state index contributed by atoms with van der Waals surface area (Å²) in [5, 5.41) is 5.87. The molecule has 0 saturated carbocycles. The highest BCUT2D eigenvalue weighted by atomic mass is 32.2. The lowest BCUT2D eigenvalue weighted by Gasteiger charge is -2.06. The van der Waals surface area contributed by atoms with Crippen molar-refractivity contribution in [1.82, 2.24) is 9.97 Å². The largest absolute Gasteiger partial charge is 0.325 e. The minimum Gasteiger partial charge on any atom is -0.325 e. The maximum atomic E-state index is 12.4. The molecular formula is C24H17N3OS2. The lowest BCUT2D eigenvalue weighted by molar-refractivity contribution is -0.113. The predicted molar refractivity (Wildman–Crippen MR) is 126 cm³/mol. The Balaban J connectivity index is 1.22. The van der Waals surface area contributed by atoms with Gasteiger partial charge in [0, 0.05) is 16.6 Å². The third-order valence-electron chi connectivity index (χ3n) is 4.63. The molecule has 6 heteroatoms. The molecule has 0 aliphatic heterocycles. The summed E-state index contributed by atoms with van der Waals surface area (Å²) in [6.07, 6.45) is 0. The van der Waals surface area contributed by atoms with E-state index in [2.05, 4.69) is 21.4 Å². The number of nitrogens with one attached hydrogen (secondary N) is 1. The van der Waals surface area contributed by atoms with Crippen LogP contribution in [-0.4, -0.2) is 21.6 Å². The lowest BCUT2D eigenvalue weighted by atomic mass is 10.2. The molecule has 1 amide bonds. The van der Waals surface area contributed by atoms with E-state index in [-0.39, 0.29) is 5.91 Å². The maximum absolute atomic E-state index is 12.4. The van der Waals surface area contributed by atoms with Crippen molar-refractivity contribution >= 4 is 55.8 Å². The standard InChI is InChI=1S/C24H17N3OS2/c28-22(15-29-23-14-11-16-5-1-2-6-19(16)26-23)25-18-12-9-17(10-13-18)24-27-20-7-3-4-8-21(20)30-24/h1-14H,15H2,(H,25,28). The van der Waals surface area contributed by atoms with E-state index in [0.29, 0.717) is 5.75 Å². The number of thiazole rings is 1. The van der Waals surface area contributed by atoms with Crippen molar-refractivity contribution in [3.05, 3.63) is 84.9 Å². The summed E-state index contributed by atoms with van der Waals surface area (Å²) in [5.41, 5.74) is 3.77. The Labute approximate surface area is 182 Å². The van der Waals surface area contributed by atoms with Crippen molar-refractivity contribution in [1.29, 1.82) is 0 Å². The van der Waals surface area contributed by atoms with Gasteiger partial charge in [-0.2, -0.15) is 0 Å². The van der Waals surface area contributed by atoms with Gasteiger partial charge in [0.2, 0.25) is 5.91 Å². The molecule has 0 radical (unpaired) electrons. The molecule has 0 fully saturated rings. The van der Waals surface area contributed by atoms with Crippen molar-refractivity contribution in [2.45, 2.75) is 5.03 Å². The van der Waals surface area contributed by atoms with Crippen molar-refractivity contribution < 1.29 is 4.79 Å². The number of hydrogen-bond donors (Lipinski definition) is 1. The van der Waals surface area contributed by atoms with Gasteiger partial charge in [0.1, 0.15) is 5.01 Å². The van der Waals surface area contributed by atoms with Crippen LogP contribution in [0.3, 0.4) is 0 Å². The lowest BCUT2D eigenvalue weighted by Crippen LogP contribution is -2.14. The van der Waals surface area contributed by atoms with Crippen molar-refractivity contribution in [2.75, 3.05) is 11.1 Å². The first kappa shape index (κ1) is 18.8. The Kier molecular flexibility index (Phi) is 5.17. The first-order valence-electron chi connectivity index (χ1n) is 9.49. The number of nitrogens with zero attached hydrogens (tertiary/aromatic N) is 2. The minimum absolute atomic E-state index is 0.0531. The summed E-state index contributed by atoms with van der Waals surface area (Å²) in [4.78, 5) is 21.6. The highest BCUT2D eigenvalue weighted by molar-refractivity contribution is 7.99. The molecule has 0 unspecified atom stereocenters. The number of thioether (sulfide) groups is 1. The molecule has 2 heterocycles. The second kappa shape index (κ2) is 8.26. The molecule has 0 saturated heterocycles. The topological polar surface area (TPSA) is 54.9 Å². The Morgan fingerprint density at radius 1 is 0.833 bits per heavy atom. The van der Waals surface area contributed by atoms with Crippen LogP contribution < -0.4 is 5.32 Å². The quantitative estimate of drug-likeness (QED) is 0.337. The molecule has 4 nitrogen and oxygen atoms in total. The zero-order chi connectivity index (χ0) is 20.3. The van der Waals surface area contributed by atoms with E-state index in [1.165, 1.54) is 16.5 Å². The Morgan fingerprint density at radius 3 is 2.43 bits per heavy atom. The van der Waals surface area contributed by atoms with Gasteiger partial charge in [0.15, 0.2) is 0 Å². The van der Waals surface area contributed by atoms with Crippen LogP contribution in [0.5, 0.6) is 0 Å². The van der Waals surface area contributed by atoms with Crippen LogP contribution in [-0.2, 0) is 4.79 Å². The number of hydrogen-bond acceptors (Lipinski definition) is 5. The van der Waals surface area contributed by atoms with Crippen LogP contribution in [0, 0.1) is 0 Å². The molecule has 0 aliphatic carbocycles. The first-order valence-corrected chi connectivity index (χ1v) is 11.3. The average Bonchev–Trinajstić information content (AvgIpc) is 3.22. The van der Waals surface area contributed by atoms with E-state index in [1.54, 1.807) is 11.3 Å². The summed E-state index contributed by atoms with van der Waals surface area (Å²) in [6, 6.07) is 27.9. The van der Waals surface area contributed by atoms with Gasteiger partial charge in [0.25, 0.3) is 0 Å². The van der Waals surface area contributed by atoms with E-state index < -0.39 is 0 Å². The zero-order valence-corrected chi connectivity index (χ0v) is 17.5. The number of benzene rings is 3. The minimum atomic E-state index is -0.0531. The Bertz CT molecular complexity index is 1310. The summed E-state index contributed by atoms with van der Waals surface area (Å²) in [7, 11) is 0. The molecule has 0 atom stereocenters. The number of pyridine rings is 1. The fraction of sp³-hybridized carbons (Fsp3) is 0.0417. The second-order valence-corrected chi connectivity index (χ2v) is 8.77. The Hall–Kier alpha value is -3.22. The molecule has 0 bridgehead atoms. The van der Waals surface area contributed by atoms with Crippen LogP contribution in [0.1, 0.15) is 0 Å². The number of fused-ring (bicyclic) bond motifs is 2. The molecule has 146 valence electrons. The number of para-hydroxylation sites is 2. The molecule has 30 heavy (non-hydrogen) atoms. The highest BCUT2D eigenvalue weighted by Gasteiger charge is 2.08. The fourth-order valence-corrected chi connectivity index (χ4v) is 4.81. The van der Waals surface area contributed by atoms with Crippen LogP contribution >= 0.6 is 23.1 Å².